The zero-order valence-electron chi connectivity index (χ0n) is 4.97. The first-order valence-electron chi connectivity index (χ1n) is 2.52. The van der Waals surface area contributed by atoms with E-state index in [9.17, 15) is 8.78 Å². The second-order valence-corrected chi connectivity index (χ2v) is 5.10. The lowest BCUT2D eigenvalue weighted by molar-refractivity contribution is 0.580. The maximum atomic E-state index is 13.0. The minimum Gasteiger partial charge on any atom is -0.206 e. The van der Waals surface area contributed by atoms with Gasteiger partial charge in [-0.05, 0) is 73.8 Å². The van der Waals surface area contributed by atoms with Crippen LogP contribution in [0.1, 0.15) is 0 Å². The molecule has 0 nitrogen and oxygen atoms in total. The van der Waals surface area contributed by atoms with E-state index in [2.05, 4.69) is 0 Å². The van der Waals surface area contributed by atoms with E-state index in [4.69, 9.17) is 0 Å². The standard InChI is InChI=1S/C6HF2I3/c7-2-1-3(9)4(8)6(11)5(2)10/h1H. The van der Waals surface area contributed by atoms with Crippen LogP contribution >= 0.6 is 67.8 Å². The average Bonchev–Trinajstić information content (AvgIpc) is 1.97. The fraction of sp³-hybridized carbons (Fsp3) is 0. The second-order valence-electron chi connectivity index (χ2n) is 1.78. The van der Waals surface area contributed by atoms with Crippen molar-refractivity contribution in [2.45, 2.75) is 0 Å². The van der Waals surface area contributed by atoms with Gasteiger partial charge < -0.3 is 0 Å². The summed E-state index contributed by atoms with van der Waals surface area (Å²) >= 11 is 5.35. The maximum Gasteiger partial charge on any atom is 0.151 e. The summed E-state index contributed by atoms with van der Waals surface area (Å²) in [6, 6.07) is 1.19. The van der Waals surface area contributed by atoms with Crippen molar-refractivity contribution in [2.24, 2.45) is 0 Å². The molecule has 0 heterocycles. The van der Waals surface area contributed by atoms with E-state index >= 15 is 0 Å². The molecular weight excluding hydrogens is 491 g/mol. The summed E-state index contributed by atoms with van der Waals surface area (Å²) < 4.78 is 26.8. The highest BCUT2D eigenvalue weighted by atomic mass is 127. The number of benzene rings is 1. The van der Waals surface area contributed by atoms with E-state index in [-0.39, 0.29) is 11.6 Å². The lowest BCUT2D eigenvalue weighted by Crippen LogP contribution is -1.94. The van der Waals surface area contributed by atoms with E-state index in [1.807, 2.05) is 0 Å². The van der Waals surface area contributed by atoms with Crippen LogP contribution in [0.4, 0.5) is 8.78 Å². The third-order valence-corrected chi connectivity index (χ3v) is 4.94. The summed E-state index contributed by atoms with van der Waals surface area (Å²) in [5, 5.41) is 0. The Kier molecular flexibility index (Phi) is 3.75. The van der Waals surface area contributed by atoms with Crippen LogP contribution in [0.3, 0.4) is 0 Å². The van der Waals surface area contributed by atoms with Crippen LogP contribution < -0.4 is 0 Å². The summed E-state index contributed by atoms with van der Waals surface area (Å²) in [6.45, 7) is 0. The molecule has 5 heteroatoms. The zero-order chi connectivity index (χ0) is 8.59. The third-order valence-electron chi connectivity index (χ3n) is 1.06. The zero-order valence-corrected chi connectivity index (χ0v) is 11.4. The fourth-order valence-corrected chi connectivity index (χ4v) is 2.54. The second kappa shape index (κ2) is 3.99. The normalized spacial score (nSPS) is 10.3. The molecule has 0 fully saturated rings. The van der Waals surface area contributed by atoms with Gasteiger partial charge in [-0.2, -0.15) is 0 Å². The highest BCUT2D eigenvalue weighted by Gasteiger charge is 2.12. The van der Waals surface area contributed by atoms with Gasteiger partial charge >= 0.3 is 0 Å². The SMILES string of the molecule is Fc1cc(I)c(F)c(I)c1I. The quantitative estimate of drug-likeness (QED) is 0.294. The van der Waals surface area contributed by atoms with Crippen molar-refractivity contribution in [3.8, 4) is 0 Å². The van der Waals surface area contributed by atoms with Gasteiger partial charge in [-0.25, -0.2) is 8.78 Å². The summed E-state index contributed by atoms with van der Waals surface area (Å²) in [5.41, 5.74) is 0. The van der Waals surface area contributed by atoms with E-state index < -0.39 is 0 Å². The molecule has 0 saturated heterocycles. The highest BCUT2D eigenvalue weighted by Crippen LogP contribution is 2.25. The molecule has 0 radical (unpaired) electrons. The van der Waals surface area contributed by atoms with Crippen LogP contribution in [-0.2, 0) is 0 Å². The van der Waals surface area contributed by atoms with Crippen molar-refractivity contribution in [1.29, 1.82) is 0 Å². The van der Waals surface area contributed by atoms with Crippen LogP contribution in [0, 0.1) is 22.3 Å². The summed E-state index contributed by atoms with van der Waals surface area (Å²) in [4.78, 5) is 0. The van der Waals surface area contributed by atoms with Crippen LogP contribution in [-0.4, -0.2) is 0 Å². The molecule has 0 saturated carbocycles. The molecule has 1 aromatic rings. The third kappa shape index (κ3) is 2.14. The Morgan fingerprint density at radius 3 is 2.09 bits per heavy atom. The molecule has 0 spiro atoms. The van der Waals surface area contributed by atoms with Gasteiger partial charge in [-0.15, -0.1) is 0 Å². The Balaban J connectivity index is 3.46. The molecule has 0 bridgehead atoms. The summed E-state index contributed by atoms with van der Waals surface area (Å²) in [6.07, 6.45) is 0. The first-order chi connectivity index (χ1) is 5.04. The predicted octanol–water partition coefficient (Wildman–Crippen LogP) is 3.78. The molecule has 0 atom stereocenters. The van der Waals surface area contributed by atoms with Crippen molar-refractivity contribution in [1.82, 2.24) is 0 Å². The van der Waals surface area contributed by atoms with Crippen molar-refractivity contribution >= 4 is 67.8 Å². The van der Waals surface area contributed by atoms with Crippen molar-refractivity contribution in [3.63, 3.8) is 0 Å². The van der Waals surface area contributed by atoms with E-state index in [0.717, 1.165) is 0 Å². The minimum atomic E-state index is -0.360. The molecule has 11 heavy (non-hydrogen) atoms. The van der Waals surface area contributed by atoms with Gasteiger partial charge in [0, 0.05) is 0 Å². The smallest absolute Gasteiger partial charge is 0.151 e. The van der Waals surface area contributed by atoms with Gasteiger partial charge in [0.25, 0.3) is 0 Å². The molecule has 0 aromatic heterocycles. The number of rotatable bonds is 0. The highest BCUT2D eigenvalue weighted by molar-refractivity contribution is 14.1. The molecule has 1 rings (SSSR count). The largest absolute Gasteiger partial charge is 0.206 e. The molecule has 60 valence electrons. The molecular formula is C6HF2I3. The first kappa shape index (κ1) is 10.4. The molecule has 1 aromatic carbocycles. The van der Waals surface area contributed by atoms with Crippen molar-refractivity contribution in [2.75, 3.05) is 0 Å². The van der Waals surface area contributed by atoms with Crippen LogP contribution in [0.2, 0.25) is 0 Å². The molecule has 0 aliphatic heterocycles. The number of hydrogen-bond donors (Lipinski definition) is 0. The van der Waals surface area contributed by atoms with E-state index in [0.29, 0.717) is 10.7 Å². The van der Waals surface area contributed by atoms with Gasteiger partial charge in [0.15, 0.2) is 5.82 Å². The molecule has 0 amide bonds. The average molecular weight is 492 g/mol. The van der Waals surface area contributed by atoms with Gasteiger partial charge in [-0.3, -0.25) is 0 Å². The van der Waals surface area contributed by atoms with E-state index in [1.165, 1.54) is 6.07 Å². The monoisotopic (exact) mass is 492 g/mol. The van der Waals surface area contributed by atoms with E-state index in [1.54, 1.807) is 67.8 Å². The van der Waals surface area contributed by atoms with Crippen LogP contribution in [0.25, 0.3) is 0 Å². The maximum absolute atomic E-state index is 13.0. The van der Waals surface area contributed by atoms with Gasteiger partial charge in [0.05, 0.1) is 10.7 Å². The topological polar surface area (TPSA) is 0 Å². The van der Waals surface area contributed by atoms with Gasteiger partial charge in [0.1, 0.15) is 5.82 Å². The first-order valence-corrected chi connectivity index (χ1v) is 5.76. The Morgan fingerprint density at radius 2 is 1.55 bits per heavy atom. The Labute approximate surface area is 104 Å². The van der Waals surface area contributed by atoms with Crippen LogP contribution in [0.15, 0.2) is 6.07 Å². The minimum absolute atomic E-state index is 0.324. The summed E-state index contributed by atoms with van der Waals surface area (Å²) in [7, 11) is 0. The van der Waals surface area contributed by atoms with Gasteiger partial charge in [0.2, 0.25) is 0 Å². The molecule has 0 aliphatic carbocycles. The molecule has 0 aliphatic rings. The lowest BCUT2D eigenvalue weighted by Gasteiger charge is -2.01. The lowest BCUT2D eigenvalue weighted by atomic mass is 10.3. The number of halogens is 5. The fourth-order valence-electron chi connectivity index (χ4n) is 0.544. The Hall–Kier alpha value is 1.27. The van der Waals surface area contributed by atoms with Crippen LogP contribution in [0.5, 0.6) is 0 Å². The predicted molar refractivity (Wildman–Crippen MR) is 64.5 cm³/mol. The summed E-state index contributed by atoms with van der Waals surface area (Å²) in [5.74, 6) is -0.696. The van der Waals surface area contributed by atoms with Crippen molar-refractivity contribution < 1.29 is 8.78 Å². The molecule has 0 N–H and O–H groups in total. The van der Waals surface area contributed by atoms with Crippen molar-refractivity contribution in [3.05, 3.63) is 28.4 Å². The Bertz CT molecular complexity index is 272. The number of hydrogen-bond acceptors (Lipinski definition) is 0. The van der Waals surface area contributed by atoms with Gasteiger partial charge in [-0.1, -0.05) is 0 Å². The molecule has 0 unspecified atom stereocenters. The Morgan fingerprint density at radius 1 is 1.00 bits per heavy atom.